The van der Waals surface area contributed by atoms with Crippen molar-refractivity contribution in [2.45, 2.75) is 65.1 Å². The lowest BCUT2D eigenvalue weighted by Gasteiger charge is -2.41. The fourth-order valence-electron chi connectivity index (χ4n) is 3.22. The summed E-state index contributed by atoms with van der Waals surface area (Å²) in [6.07, 6.45) is 3.09. The second kappa shape index (κ2) is 9.19. The van der Waals surface area contributed by atoms with Gasteiger partial charge in [0, 0.05) is 18.6 Å². The number of nitrogens with two attached hydrogens (primary N) is 1. The molecule has 1 aromatic carbocycles. The predicted molar refractivity (Wildman–Crippen MR) is 90.3 cm³/mol. The van der Waals surface area contributed by atoms with Crippen molar-refractivity contribution in [1.29, 1.82) is 0 Å². The molecule has 0 heterocycles. The Morgan fingerprint density at radius 1 is 1.10 bits per heavy atom. The zero-order chi connectivity index (χ0) is 15.8. The Morgan fingerprint density at radius 3 is 2.19 bits per heavy atom. The number of hydrogen-bond acceptors (Lipinski definition) is 3. The lowest BCUT2D eigenvalue weighted by atomic mass is 9.91. The summed E-state index contributed by atoms with van der Waals surface area (Å²) in [5.41, 5.74) is 9.05. The number of hydrogen-bond donors (Lipinski definition) is 2. The number of aryl methyl sites for hydroxylation is 1. The molecule has 0 aliphatic rings. The number of rotatable bonds is 9. The third-order valence-corrected chi connectivity index (χ3v) is 4.51. The molecule has 0 spiro atoms. The van der Waals surface area contributed by atoms with E-state index in [9.17, 15) is 5.11 Å². The summed E-state index contributed by atoms with van der Waals surface area (Å²) in [6.45, 7) is 9.57. The highest BCUT2D eigenvalue weighted by Gasteiger charge is 2.30. The number of benzene rings is 1. The Balaban J connectivity index is 3.23. The topological polar surface area (TPSA) is 49.5 Å². The van der Waals surface area contributed by atoms with Crippen molar-refractivity contribution in [3.63, 3.8) is 0 Å². The van der Waals surface area contributed by atoms with Crippen LogP contribution in [0.25, 0.3) is 0 Å². The van der Waals surface area contributed by atoms with Gasteiger partial charge in [-0.1, -0.05) is 45.0 Å². The molecule has 0 saturated carbocycles. The van der Waals surface area contributed by atoms with Crippen molar-refractivity contribution in [2.75, 3.05) is 13.2 Å². The zero-order valence-corrected chi connectivity index (χ0v) is 14.0. The summed E-state index contributed by atoms with van der Waals surface area (Å²) < 4.78 is 0. The highest BCUT2D eigenvalue weighted by molar-refractivity contribution is 5.30. The normalized spacial score (nSPS) is 14.7. The molecule has 0 saturated heterocycles. The second-order valence-electron chi connectivity index (χ2n) is 5.81. The minimum absolute atomic E-state index is 0.0817. The van der Waals surface area contributed by atoms with Crippen molar-refractivity contribution in [3.8, 4) is 0 Å². The molecule has 3 nitrogen and oxygen atoms in total. The first-order valence-electron chi connectivity index (χ1n) is 8.28. The molecular weight excluding hydrogens is 260 g/mol. The molecule has 0 fully saturated rings. The molecule has 1 aromatic rings. The quantitative estimate of drug-likeness (QED) is 0.734. The van der Waals surface area contributed by atoms with Gasteiger partial charge in [0.05, 0.1) is 12.6 Å². The molecule has 21 heavy (non-hydrogen) atoms. The molecular formula is C18H32N2O. The minimum Gasteiger partial charge on any atom is -0.395 e. The van der Waals surface area contributed by atoms with Crippen LogP contribution in [0.15, 0.2) is 24.3 Å². The van der Waals surface area contributed by atoms with Crippen LogP contribution in [0.3, 0.4) is 0 Å². The molecule has 0 amide bonds. The molecule has 3 N–H and O–H groups in total. The van der Waals surface area contributed by atoms with Gasteiger partial charge in [0.1, 0.15) is 0 Å². The van der Waals surface area contributed by atoms with Crippen molar-refractivity contribution in [3.05, 3.63) is 35.4 Å². The Morgan fingerprint density at radius 2 is 1.71 bits per heavy atom. The van der Waals surface area contributed by atoms with Crippen LogP contribution in [0.2, 0.25) is 0 Å². The van der Waals surface area contributed by atoms with Gasteiger partial charge in [0.25, 0.3) is 0 Å². The van der Waals surface area contributed by atoms with E-state index in [-0.39, 0.29) is 18.7 Å². The number of nitrogens with zero attached hydrogens (tertiary/aromatic N) is 1. The van der Waals surface area contributed by atoms with Crippen LogP contribution in [0.5, 0.6) is 0 Å². The summed E-state index contributed by atoms with van der Waals surface area (Å²) in [4.78, 5) is 2.41. The van der Waals surface area contributed by atoms with Crippen LogP contribution >= 0.6 is 0 Å². The van der Waals surface area contributed by atoms with Gasteiger partial charge >= 0.3 is 0 Å². The fraction of sp³-hybridized carbons (Fsp3) is 0.667. The van der Waals surface area contributed by atoms with E-state index >= 15 is 0 Å². The van der Waals surface area contributed by atoms with Gasteiger partial charge in [-0.25, -0.2) is 0 Å². The first-order valence-corrected chi connectivity index (χ1v) is 8.28. The first-order chi connectivity index (χ1) is 10.1. The summed E-state index contributed by atoms with van der Waals surface area (Å²) in [5.74, 6) is 0. The minimum atomic E-state index is 0.0817. The molecule has 0 aliphatic carbocycles. The van der Waals surface area contributed by atoms with E-state index in [1.807, 2.05) is 0 Å². The van der Waals surface area contributed by atoms with Crippen molar-refractivity contribution >= 4 is 0 Å². The Kier molecular flexibility index (Phi) is 7.94. The average Bonchev–Trinajstić information content (AvgIpc) is 2.50. The first kappa shape index (κ1) is 18.1. The summed E-state index contributed by atoms with van der Waals surface area (Å²) in [5, 5.41) is 9.51. The van der Waals surface area contributed by atoms with Crippen LogP contribution in [0.1, 0.15) is 57.2 Å². The Labute approximate surface area is 130 Å². The van der Waals surface area contributed by atoms with Gasteiger partial charge in [-0.2, -0.15) is 0 Å². The van der Waals surface area contributed by atoms with Gasteiger partial charge in [-0.15, -0.1) is 0 Å². The van der Waals surface area contributed by atoms with Gasteiger partial charge in [-0.3, -0.25) is 4.90 Å². The van der Waals surface area contributed by atoms with E-state index in [1.165, 1.54) is 11.1 Å². The SMILES string of the molecule is CCC(N)C(c1ccccc1C)N(CCO)C(CC)CC. The fourth-order valence-corrected chi connectivity index (χ4v) is 3.22. The monoisotopic (exact) mass is 292 g/mol. The van der Waals surface area contributed by atoms with Crippen LogP contribution in [-0.2, 0) is 0 Å². The van der Waals surface area contributed by atoms with Crippen LogP contribution in [0, 0.1) is 6.92 Å². The van der Waals surface area contributed by atoms with Gasteiger partial charge in [0.15, 0.2) is 0 Å². The highest BCUT2D eigenvalue weighted by atomic mass is 16.3. The lowest BCUT2D eigenvalue weighted by molar-refractivity contribution is 0.0811. The van der Waals surface area contributed by atoms with Gasteiger partial charge in [-0.05, 0) is 37.3 Å². The standard InChI is InChI=1S/C18H32N2O/c1-5-15(6-2)20(12-13-21)18(17(19)7-3)16-11-9-8-10-14(16)4/h8-11,15,17-18,21H,5-7,12-13,19H2,1-4H3. The molecule has 2 unspecified atom stereocenters. The van der Waals surface area contributed by atoms with Crippen molar-refractivity contribution in [2.24, 2.45) is 5.73 Å². The van der Waals surface area contributed by atoms with E-state index in [4.69, 9.17) is 5.73 Å². The van der Waals surface area contributed by atoms with E-state index < -0.39 is 0 Å². The lowest BCUT2D eigenvalue weighted by Crippen LogP contribution is -2.47. The molecule has 120 valence electrons. The molecule has 0 radical (unpaired) electrons. The van der Waals surface area contributed by atoms with Crippen LogP contribution in [0.4, 0.5) is 0 Å². The third kappa shape index (κ3) is 4.53. The summed E-state index contributed by atoms with van der Waals surface area (Å²) in [6, 6.07) is 9.20. The maximum Gasteiger partial charge on any atom is 0.0558 e. The van der Waals surface area contributed by atoms with E-state index in [0.29, 0.717) is 12.6 Å². The largest absolute Gasteiger partial charge is 0.395 e. The molecule has 3 heteroatoms. The average molecular weight is 292 g/mol. The van der Waals surface area contributed by atoms with E-state index in [0.717, 1.165) is 19.3 Å². The molecule has 0 aliphatic heterocycles. The maximum absolute atomic E-state index is 9.51. The Bertz CT molecular complexity index is 404. The number of aliphatic hydroxyl groups excluding tert-OH is 1. The maximum atomic E-state index is 9.51. The van der Waals surface area contributed by atoms with E-state index in [2.05, 4.69) is 56.9 Å². The second-order valence-corrected chi connectivity index (χ2v) is 5.81. The van der Waals surface area contributed by atoms with E-state index in [1.54, 1.807) is 0 Å². The molecule has 0 aromatic heterocycles. The van der Waals surface area contributed by atoms with Crippen LogP contribution < -0.4 is 5.73 Å². The van der Waals surface area contributed by atoms with Gasteiger partial charge in [0.2, 0.25) is 0 Å². The van der Waals surface area contributed by atoms with Gasteiger partial charge < -0.3 is 10.8 Å². The van der Waals surface area contributed by atoms with Crippen molar-refractivity contribution in [1.82, 2.24) is 4.90 Å². The third-order valence-electron chi connectivity index (χ3n) is 4.51. The Hall–Kier alpha value is -0.900. The number of aliphatic hydroxyl groups is 1. The summed E-state index contributed by atoms with van der Waals surface area (Å²) in [7, 11) is 0. The van der Waals surface area contributed by atoms with Crippen LogP contribution in [-0.4, -0.2) is 35.2 Å². The molecule has 1 rings (SSSR count). The predicted octanol–water partition coefficient (Wildman–Crippen LogP) is 3.26. The summed E-state index contributed by atoms with van der Waals surface area (Å²) >= 11 is 0. The zero-order valence-electron chi connectivity index (χ0n) is 14.0. The van der Waals surface area contributed by atoms with Crippen molar-refractivity contribution < 1.29 is 5.11 Å². The molecule has 0 bridgehead atoms. The molecule has 2 atom stereocenters. The highest BCUT2D eigenvalue weighted by Crippen LogP contribution is 2.30. The smallest absolute Gasteiger partial charge is 0.0558 e.